The number of nitrogens with one attached hydrogen (secondary N) is 3. The van der Waals surface area contributed by atoms with Gasteiger partial charge in [0.1, 0.15) is 18.4 Å². The van der Waals surface area contributed by atoms with Gasteiger partial charge in [-0.15, -0.1) is 0 Å². The molecule has 6 nitrogen and oxygen atoms in total. The summed E-state index contributed by atoms with van der Waals surface area (Å²) in [6.45, 7) is 0.130. The molecule has 2 aromatic rings. The van der Waals surface area contributed by atoms with Crippen LogP contribution in [0.15, 0.2) is 42.5 Å². The highest BCUT2D eigenvalue weighted by atomic mass is 19.4. The fraction of sp³-hybridized carbons (Fsp3) is 0.391. The molecule has 0 aliphatic carbocycles. The molecular weight excluding hydrogens is 478 g/mol. The van der Waals surface area contributed by atoms with Crippen LogP contribution in [0.25, 0.3) is 0 Å². The number of benzene rings is 2. The maximum absolute atomic E-state index is 13.7. The minimum absolute atomic E-state index is 0.110. The van der Waals surface area contributed by atoms with E-state index in [1.165, 1.54) is 13.1 Å². The zero-order valence-corrected chi connectivity index (χ0v) is 18.4. The van der Waals surface area contributed by atoms with Crippen molar-refractivity contribution in [2.45, 2.75) is 43.3 Å². The predicted molar refractivity (Wildman–Crippen MR) is 114 cm³/mol. The second-order valence-corrected chi connectivity index (χ2v) is 8.03. The van der Waals surface area contributed by atoms with Gasteiger partial charge >= 0.3 is 18.4 Å². The Labute approximate surface area is 197 Å². The molecule has 0 saturated carbocycles. The number of carbonyl (C=O) groups is 1. The summed E-state index contributed by atoms with van der Waals surface area (Å²) in [4.78, 5) is 11.2. The number of nitrogens with zero attached hydrogens (tertiary/aromatic N) is 1. The molecule has 3 unspecified atom stereocenters. The van der Waals surface area contributed by atoms with E-state index in [1.54, 1.807) is 24.3 Å². The molecule has 2 aromatic carbocycles. The minimum Gasteiger partial charge on any atom is -0.492 e. The molecule has 3 atom stereocenters. The molecule has 1 saturated heterocycles. The number of nitriles is 1. The van der Waals surface area contributed by atoms with Gasteiger partial charge in [0, 0.05) is 25.6 Å². The number of amides is 2. The molecule has 35 heavy (non-hydrogen) atoms. The maximum atomic E-state index is 13.7. The molecule has 188 valence electrons. The molecule has 12 heteroatoms. The van der Waals surface area contributed by atoms with Crippen LogP contribution in [0.4, 0.5) is 31.1 Å². The second kappa shape index (κ2) is 10.4. The zero-order chi connectivity index (χ0) is 25.8. The molecule has 0 spiro atoms. The average Bonchev–Trinajstić information content (AvgIpc) is 3.26. The highest BCUT2D eigenvalue weighted by Gasteiger charge is 2.51. The number of hydrogen-bond donors (Lipinski definition) is 3. The predicted octanol–water partition coefficient (Wildman–Crippen LogP) is 4.46. The Morgan fingerprint density at radius 2 is 1.83 bits per heavy atom. The van der Waals surface area contributed by atoms with E-state index in [-0.39, 0.29) is 31.2 Å². The maximum Gasteiger partial charge on any atom is 0.417 e. The van der Waals surface area contributed by atoms with Crippen LogP contribution in [0, 0.1) is 11.3 Å². The van der Waals surface area contributed by atoms with Gasteiger partial charge in [-0.05, 0) is 41.8 Å². The SMILES string of the molecule is CNC(=O)NCc1ccc(OCC2CC(c3ccc(C#N)c(C(F)(F)F)c3)C(C(F)(F)F)N2)cc1. The Balaban J connectivity index is 1.71. The number of ether oxygens (including phenoxy) is 1. The molecule has 1 aliphatic rings. The summed E-state index contributed by atoms with van der Waals surface area (Å²) in [7, 11) is 1.48. The molecule has 0 aromatic heterocycles. The summed E-state index contributed by atoms with van der Waals surface area (Å²) in [5, 5.41) is 16.4. The van der Waals surface area contributed by atoms with E-state index in [1.807, 2.05) is 0 Å². The molecule has 3 N–H and O–H groups in total. The fourth-order valence-corrected chi connectivity index (χ4v) is 3.94. The Morgan fingerprint density at radius 3 is 2.40 bits per heavy atom. The second-order valence-electron chi connectivity index (χ2n) is 8.03. The summed E-state index contributed by atoms with van der Waals surface area (Å²) in [6, 6.07) is 7.47. The van der Waals surface area contributed by atoms with Crippen LogP contribution < -0.4 is 20.7 Å². The van der Waals surface area contributed by atoms with Crippen molar-refractivity contribution in [3.05, 3.63) is 64.7 Å². The molecule has 0 bridgehead atoms. The van der Waals surface area contributed by atoms with Gasteiger partial charge in [-0.3, -0.25) is 5.32 Å². The third-order valence-corrected chi connectivity index (χ3v) is 5.66. The fourth-order valence-electron chi connectivity index (χ4n) is 3.94. The van der Waals surface area contributed by atoms with Gasteiger partial charge in [0.05, 0.1) is 17.2 Å². The van der Waals surface area contributed by atoms with Crippen LogP contribution in [-0.4, -0.2) is 37.9 Å². The van der Waals surface area contributed by atoms with E-state index in [0.29, 0.717) is 11.8 Å². The van der Waals surface area contributed by atoms with Crippen molar-refractivity contribution < 1.29 is 35.9 Å². The topological polar surface area (TPSA) is 86.2 Å². The van der Waals surface area contributed by atoms with Crippen LogP contribution in [0.3, 0.4) is 0 Å². The first-order valence-corrected chi connectivity index (χ1v) is 10.5. The first kappa shape index (κ1) is 26.2. The Kier molecular flexibility index (Phi) is 7.80. The lowest BCUT2D eigenvalue weighted by Crippen LogP contribution is -2.44. The van der Waals surface area contributed by atoms with Gasteiger partial charge in [0.25, 0.3) is 0 Å². The molecular formula is C23H22F6N4O2. The smallest absolute Gasteiger partial charge is 0.417 e. The normalized spacial score (nSPS) is 20.2. The van der Waals surface area contributed by atoms with Gasteiger partial charge in [-0.1, -0.05) is 18.2 Å². The van der Waals surface area contributed by atoms with Gasteiger partial charge in [-0.25, -0.2) is 4.79 Å². The van der Waals surface area contributed by atoms with Crippen LogP contribution in [0.2, 0.25) is 0 Å². The Morgan fingerprint density at radius 1 is 1.14 bits per heavy atom. The highest BCUT2D eigenvalue weighted by molar-refractivity contribution is 5.73. The molecule has 1 fully saturated rings. The standard InChI is InChI=1S/C23H22F6N4O2/c1-31-21(34)32-11-13-2-6-17(7-3-13)35-12-16-9-18(20(33-16)23(27,28)29)14-4-5-15(10-30)19(8-14)22(24,25)26/h2-8,16,18,20,33H,9,11-12H2,1H3,(H2,31,32,34). The van der Waals surface area contributed by atoms with Crippen molar-refractivity contribution in [1.82, 2.24) is 16.0 Å². The van der Waals surface area contributed by atoms with Crippen LogP contribution in [-0.2, 0) is 12.7 Å². The summed E-state index contributed by atoms with van der Waals surface area (Å²) in [5.41, 5.74) is -1.28. The summed E-state index contributed by atoms with van der Waals surface area (Å²) in [5.74, 6) is -0.893. The van der Waals surface area contributed by atoms with Crippen molar-refractivity contribution in [2.24, 2.45) is 0 Å². The zero-order valence-electron chi connectivity index (χ0n) is 18.4. The van der Waals surface area contributed by atoms with E-state index in [0.717, 1.165) is 17.7 Å². The number of carbonyl (C=O) groups excluding carboxylic acids is 1. The van der Waals surface area contributed by atoms with Gasteiger partial charge in [0.15, 0.2) is 0 Å². The average molecular weight is 500 g/mol. The molecule has 1 heterocycles. The van der Waals surface area contributed by atoms with Crippen molar-refractivity contribution in [2.75, 3.05) is 13.7 Å². The molecule has 3 rings (SSSR count). The van der Waals surface area contributed by atoms with E-state index >= 15 is 0 Å². The lowest BCUT2D eigenvalue weighted by molar-refractivity contribution is -0.156. The summed E-state index contributed by atoms with van der Waals surface area (Å²) >= 11 is 0. The van der Waals surface area contributed by atoms with Crippen LogP contribution >= 0.6 is 0 Å². The third-order valence-electron chi connectivity index (χ3n) is 5.66. The Hall–Kier alpha value is -3.46. The van der Waals surface area contributed by atoms with E-state index in [4.69, 9.17) is 10.00 Å². The van der Waals surface area contributed by atoms with Crippen molar-refractivity contribution in [1.29, 1.82) is 5.26 Å². The lowest BCUT2D eigenvalue weighted by Gasteiger charge is -2.23. The number of halogens is 6. The molecule has 1 aliphatic heterocycles. The van der Waals surface area contributed by atoms with E-state index < -0.39 is 41.5 Å². The number of alkyl halides is 6. The third kappa shape index (κ3) is 6.57. The van der Waals surface area contributed by atoms with Crippen molar-refractivity contribution >= 4 is 6.03 Å². The number of rotatable bonds is 6. The van der Waals surface area contributed by atoms with E-state index in [2.05, 4.69) is 16.0 Å². The summed E-state index contributed by atoms with van der Waals surface area (Å²) < 4.78 is 86.7. The van der Waals surface area contributed by atoms with Crippen molar-refractivity contribution in [3.63, 3.8) is 0 Å². The number of hydrogen-bond acceptors (Lipinski definition) is 4. The van der Waals surface area contributed by atoms with Gasteiger partial charge in [-0.2, -0.15) is 31.6 Å². The largest absolute Gasteiger partial charge is 0.492 e. The van der Waals surface area contributed by atoms with E-state index in [9.17, 15) is 31.1 Å². The van der Waals surface area contributed by atoms with Gasteiger partial charge < -0.3 is 15.4 Å². The molecule has 0 radical (unpaired) electrons. The first-order chi connectivity index (χ1) is 16.4. The Bertz CT molecular complexity index is 1080. The number of urea groups is 1. The van der Waals surface area contributed by atoms with Crippen LogP contribution in [0.5, 0.6) is 5.75 Å². The quantitative estimate of drug-likeness (QED) is 0.512. The van der Waals surface area contributed by atoms with Crippen LogP contribution in [0.1, 0.15) is 34.6 Å². The van der Waals surface area contributed by atoms with Gasteiger partial charge in [0.2, 0.25) is 0 Å². The monoisotopic (exact) mass is 500 g/mol. The lowest BCUT2D eigenvalue weighted by atomic mass is 9.88. The minimum atomic E-state index is -4.87. The summed E-state index contributed by atoms with van der Waals surface area (Å²) in [6.07, 6.45) is -9.68. The highest BCUT2D eigenvalue weighted by Crippen LogP contribution is 2.42. The van der Waals surface area contributed by atoms with Crippen molar-refractivity contribution in [3.8, 4) is 11.8 Å². The molecule has 2 amide bonds. The first-order valence-electron chi connectivity index (χ1n) is 10.5.